The highest BCUT2D eigenvalue weighted by Crippen LogP contribution is 2.36. The number of nitrogens with one attached hydrogen (secondary N) is 2. The van der Waals surface area contributed by atoms with Crippen molar-refractivity contribution in [3.05, 3.63) is 53.0 Å². The maximum Gasteiger partial charge on any atom is 0.472 e. The SMILES string of the molecule is Cc1ccc(C(=O)NC2CC2)cc1Nc1ncnn2cc(C(=O)N(C(=O)OCOP(=O)(O)O)C3CC3)c(C)c12. The van der Waals surface area contributed by atoms with E-state index in [0.717, 1.165) is 23.3 Å². The third kappa shape index (κ3) is 6.09. The first-order valence-electron chi connectivity index (χ1n) is 12.2. The van der Waals surface area contributed by atoms with Crippen LogP contribution in [0.3, 0.4) is 0 Å². The molecule has 0 atom stereocenters. The van der Waals surface area contributed by atoms with E-state index >= 15 is 0 Å². The molecule has 2 saturated carbocycles. The second-order valence-electron chi connectivity index (χ2n) is 9.53. The number of amides is 3. The standard InChI is InChI=1S/C24H27N6O8P/c1-13-3-4-15(22(31)27-16-5-6-16)9-19(13)28-21-20-14(2)18(10-29(20)26-11-25-21)23(32)30(17-7-8-17)24(33)37-12-38-39(34,35)36/h3-4,9-11,16-17H,5-8,12H2,1-2H3,(H,27,31)(H,25,26,28)(H2,34,35,36). The number of carbonyl (C=O) groups excluding carboxylic acids is 3. The van der Waals surface area contributed by atoms with Crippen molar-refractivity contribution in [1.82, 2.24) is 24.8 Å². The van der Waals surface area contributed by atoms with E-state index in [0.29, 0.717) is 41.0 Å². The van der Waals surface area contributed by atoms with Gasteiger partial charge in [-0.15, -0.1) is 0 Å². The van der Waals surface area contributed by atoms with E-state index in [4.69, 9.17) is 14.5 Å². The zero-order valence-electron chi connectivity index (χ0n) is 21.2. The number of phosphoric ester groups is 1. The Morgan fingerprint density at radius 1 is 1.18 bits per heavy atom. The largest absolute Gasteiger partial charge is 0.472 e. The zero-order chi connectivity index (χ0) is 27.9. The van der Waals surface area contributed by atoms with E-state index in [1.165, 1.54) is 17.0 Å². The number of nitrogens with zero attached hydrogens (tertiary/aromatic N) is 4. The predicted molar refractivity (Wildman–Crippen MR) is 136 cm³/mol. The van der Waals surface area contributed by atoms with Gasteiger partial charge in [-0.25, -0.2) is 28.3 Å². The molecule has 39 heavy (non-hydrogen) atoms. The van der Waals surface area contributed by atoms with E-state index in [1.54, 1.807) is 19.1 Å². The average Bonchev–Trinajstić information content (AvgIpc) is 3.80. The fraction of sp³-hybridized carbons (Fsp3) is 0.375. The Morgan fingerprint density at radius 2 is 1.92 bits per heavy atom. The van der Waals surface area contributed by atoms with Gasteiger partial charge in [0.1, 0.15) is 11.8 Å². The number of aromatic nitrogens is 3. The smallest absolute Gasteiger partial charge is 0.421 e. The van der Waals surface area contributed by atoms with Crippen molar-refractivity contribution in [2.75, 3.05) is 12.1 Å². The van der Waals surface area contributed by atoms with Crippen molar-refractivity contribution < 1.29 is 38.0 Å². The van der Waals surface area contributed by atoms with Gasteiger partial charge in [0.2, 0.25) is 6.79 Å². The zero-order valence-corrected chi connectivity index (χ0v) is 22.1. The van der Waals surface area contributed by atoms with Gasteiger partial charge in [0, 0.05) is 29.5 Å². The molecule has 1 aromatic carbocycles. The molecule has 0 bridgehead atoms. The fourth-order valence-electron chi connectivity index (χ4n) is 4.06. The second-order valence-corrected chi connectivity index (χ2v) is 10.8. The van der Waals surface area contributed by atoms with Crippen LogP contribution in [-0.4, -0.2) is 66.1 Å². The number of anilines is 2. The Morgan fingerprint density at radius 3 is 2.59 bits per heavy atom. The summed E-state index contributed by atoms with van der Waals surface area (Å²) in [5, 5.41) is 10.4. The lowest BCUT2D eigenvalue weighted by atomic mass is 10.1. The van der Waals surface area contributed by atoms with Crippen molar-refractivity contribution in [3.63, 3.8) is 0 Å². The molecule has 0 saturated heterocycles. The highest BCUT2D eigenvalue weighted by Gasteiger charge is 2.40. The van der Waals surface area contributed by atoms with Crippen LogP contribution in [0.5, 0.6) is 0 Å². The molecular formula is C24H27N6O8P. The van der Waals surface area contributed by atoms with E-state index in [2.05, 4.69) is 25.2 Å². The Hall–Kier alpha value is -3.84. The number of phosphoric acid groups is 1. The van der Waals surface area contributed by atoms with Gasteiger partial charge >= 0.3 is 13.9 Å². The lowest BCUT2D eigenvalue weighted by Crippen LogP contribution is -2.39. The number of carbonyl (C=O) groups is 3. The van der Waals surface area contributed by atoms with Crippen molar-refractivity contribution in [3.8, 4) is 0 Å². The van der Waals surface area contributed by atoms with Gasteiger partial charge in [-0.05, 0) is 62.8 Å². The van der Waals surface area contributed by atoms with Gasteiger partial charge in [0.15, 0.2) is 5.82 Å². The molecule has 2 heterocycles. The first-order valence-corrected chi connectivity index (χ1v) is 13.8. The number of rotatable bonds is 9. The lowest BCUT2D eigenvalue weighted by Gasteiger charge is -2.19. The minimum atomic E-state index is -4.85. The van der Waals surface area contributed by atoms with Gasteiger partial charge in [-0.2, -0.15) is 5.10 Å². The molecule has 5 rings (SSSR count). The highest BCUT2D eigenvalue weighted by atomic mass is 31.2. The Balaban J connectivity index is 1.41. The van der Waals surface area contributed by atoms with Gasteiger partial charge in [0.25, 0.3) is 11.8 Å². The Bertz CT molecular complexity index is 1510. The molecule has 0 spiro atoms. The Kier molecular flexibility index (Phi) is 7.12. The fourth-order valence-corrected chi connectivity index (χ4v) is 4.25. The lowest BCUT2D eigenvalue weighted by molar-refractivity contribution is 0.0193. The van der Waals surface area contributed by atoms with E-state index in [1.807, 2.05) is 13.0 Å². The number of aryl methyl sites for hydroxylation is 2. The third-order valence-corrected chi connectivity index (χ3v) is 6.90. The molecule has 15 heteroatoms. The summed E-state index contributed by atoms with van der Waals surface area (Å²) in [4.78, 5) is 61.5. The third-order valence-electron chi connectivity index (χ3n) is 6.45. The summed E-state index contributed by atoms with van der Waals surface area (Å²) < 4.78 is 21.3. The van der Waals surface area contributed by atoms with Crippen LogP contribution in [0.4, 0.5) is 16.3 Å². The molecule has 2 aliphatic rings. The van der Waals surface area contributed by atoms with Crippen LogP contribution < -0.4 is 10.6 Å². The number of ether oxygens (including phenoxy) is 1. The molecule has 2 fully saturated rings. The minimum Gasteiger partial charge on any atom is -0.421 e. The van der Waals surface area contributed by atoms with Crippen molar-refractivity contribution in [2.24, 2.45) is 0 Å². The highest BCUT2D eigenvalue weighted by molar-refractivity contribution is 7.46. The van der Waals surface area contributed by atoms with Crippen LogP contribution in [0.2, 0.25) is 0 Å². The van der Waals surface area contributed by atoms with Gasteiger partial charge < -0.3 is 25.2 Å². The van der Waals surface area contributed by atoms with Crippen LogP contribution >= 0.6 is 7.82 Å². The maximum atomic E-state index is 13.5. The van der Waals surface area contributed by atoms with Crippen molar-refractivity contribution in [2.45, 2.75) is 51.6 Å². The second kappa shape index (κ2) is 10.4. The van der Waals surface area contributed by atoms with Crippen LogP contribution in [0.1, 0.15) is 57.5 Å². The summed E-state index contributed by atoms with van der Waals surface area (Å²) >= 11 is 0. The summed E-state index contributed by atoms with van der Waals surface area (Å²) in [7, 11) is -4.85. The van der Waals surface area contributed by atoms with E-state index < -0.39 is 32.7 Å². The van der Waals surface area contributed by atoms with Crippen molar-refractivity contribution in [1.29, 1.82) is 0 Å². The summed E-state index contributed by atoms with van der Waals surface area (Å²) in [6, 6.07) is 5.14. The molecule has 2 aromatic heterocycles. The van der Waals surface area contributed by atoms with Gasteiger partial charge in [-0.3, -0.25) is 9.59 Å². The predicted octanol–water partition coefficient (Wildman–Crippen LogP) is 2.79. The molecular weight excluding hydrogens is 531 g/mol. The topological polar surface area (TPSA) is 185 Å². The monoisotopic (exact) mass is 558 g/mol. The van der Waals surface area contributed by atoms with Gasteiger partial charge in [-0.1, -0.05) is 6.07 Å². The number of benzene rings is 1. The average molecular weight is 558 g/mol. The molecule has 3 amide bonds. The molecule has 0 radical (unpaired) electrons. The Labute approximate surface area is 222 Å². The molecule has 206 valence electrons. The summed E-state index contributed by atoms with van der Waals surface area (Å²) in [6.07, 6.45) is 4.81. The summed E-state index contributed by atoms with van der Waals surface area (Å²) in [5.41, 5.74) is 3.18. The molecule has 2 aliphatic carbocycles. The summed E-state index contributed by atoms with van der Waals surface area (Å²) in [5.74, 6) is -0.416. The molecule has 4 N–H and O–H groups in total. The quantitative estimate of drug-likeness (QED) is 0.224. The first kappa shape index (κ1) is 26.8. The number of hydrogen-bond acceptors (Lipinski definition) is 9. The summed E-state index contributed by atoms with van der Waals surface area (Å²) in [6.45, 7) is 2.57. The number of fused-ring (bicyclic) bond motifs is 1. The van der Waals surface area contributed by atoms with Crippen LogP contribution in [0, 0.1) is 13.8 Å². The van der Waals surface area contributed by atoms with Crippen molar-refractivity contribution >= 4 is 42.8 Å². The number of imide groups is 1. The van der Waals surface area contributed by atoms with Crippen LogP contribution in [-0.2, 0) is 13.8 Å². The molecule has 14 nitrogen and oxygen atoms in total. The molecule has 3 aromatic rings. The maximum absolute atomic E-state index is 13.5. The normalized spacial score (nSPS) is 15.2. The first-order chi connectivity index (χ1) is 18.5. The van der Waals surface area contributed by atoms with E-state index in [-0.39, 0.29) is 17.5 Å². The molecule has 0 unspecified atom stereocenters. The van der Waals surface area contributed by atoms with Crippen LogP contribution in [0.15, 0.2) is 30.7 Å². The van der Waals surface area contributed by atoms with Gasteiger partial charge in [0.05, 0.1) is 5.56 Å². The van der Waals surface area contributed by atoms with Crippen LogP contribution in [0.25, 0.3) is 5.52 Å². The minimum absolute atomic E-state index is 0.154. The molecule has 0 aliphatic heterocycles. The van der Waals surface area contributed by atoms with E-state index in [9.17, 15) is 18.9 Å². The number of hydrogen-bond donors (Lipinski definition) is 4.